The zero-order chi connectivity index (χ0) is 31.8. The summed E-state index contributed by atoms with van der Waals surface area (Å²) in [5.74, 6) is 0.332. The van der Waals surface area contributed by atoms with Crippen LogP contribution in [0.3, 0.4) is 0 Å². The van der Waals surface area contributed by atoms with Crippen LogP contribution in [0.4, 0.5) is 17.1 Å². The highest BCUT2D eigenvalue weighted by Crippen LogP contribution is 2.42. The highest BCUT2D eigenvalue weighted by molar-refractivity contribution is 7.80. The second-order valence-corrected chi connectivity index (χ2v) is 11.4. The molecule has 1 fully saturated rings. The molecule has 5 aromatic rings. The van der Waals surface area contributed by atoms with Gasteiger partial charge in [0.05, 0.1) is 5.69 Å². The molecule has 2 amide bonds. The Morgan fingerprint density at radius 3 is 2.00 bits per heavy atom. The van der Waals surface area contributed by atoms with Crippen molar-refractivity contribution in [3.63, 3.8) is 0 Å². The van der Waals surface area contributed by atoms with Crippen LogP contribution in [0.15, 0.2) is 133 Å². The SMILES string of the molecule is CCN1C(=O)C(=C2C=C(c3ccc(N(c4ccccc4)c4cccc5ccccc45)cc3)Oc3ccccc32)C(=O)N(CC)C1=S. The van der Waals surface area contributed by atoms with Crippen LogP contribution in [0.1, 0.15) is 25.0 Å². The lowest BCUT2D eigenvalue weighted by molar-refractivity contribution is -0.133. The number of benzene rings is 5. The maximum atomic E-state index is 13.7. The van der Waals surface area contributed by atoms with E-state index in [2.05, 4.69) is 71.6 Å². The summed E-state index contributed by atoms with van der Waals surface area (Å²) in [7, 11) is 0. The van der Waals surface area contributed by atoms with E-state index in [1.807, 2.05) is 68.4 Å². The molecule has 0 aromatic heterocycles. The van der Waals surface area contributed by atoms with Gasteiger partial charge in [-0.15, -0.1) is 0 Å². The van der Waals surface area contributed by atoms with Crippen molar-refractivity contribution < 1.29 is 14.3 Å². The maximum absolute atomic E-state index is 13.7. The van der Waals surface area contributed by atoms with Gasteiger partial charge in [-0.1, -0.05) is 72.8 Å². The zero-order valence-corrected chi connectivity index (χ0v) is 26.3. The molecule has 2 heterocycles. The topological polar surface area (TPSA) is 53.1 Å². The quantitative estimate of drug-likeness (QED) is 0.108. The van der Waals surface area contributed by atoms with Crippen molar-refractivity contribution in [3.8, 4) is 5.75 Å². The van der Waals surface area contributed by atoms with Crippen LogP contribution in [0.2, 0.25) is 0 Å². The van der Waals surface area contributed by atoms with Gasteiger partial charge >= 0.3 is 0 Å². The first-order chi connectivity index (χ1) is 22.5. The van der Waals surface area contributed by atoms with Gasteiger partial charge in [0.1, 0.15) is 17.1 Å². The summed E-state index contributed by atoms with van der Waals surface area (Å²) in [6, 6.07) is 40.6. The standard InChI is InChI=1S/C39H31N3O3S/c1-3-40-37(43)36(38(44)41(4-2)39(40)46)32-25-35(45-34-20-11-10-18-31(32)34)27-21-23-29(24-22-27)42(28-15-6-5-7-16-28)33-19-12-14-26-13-8-9-17-30(26)33/h5-25H,3-4H2,1-2H3. The number of rotatable bonds is 6. The summed E-state index contributed by atoms with van der Waals surface area (Å²) in [6.45, 7) is 4.44. The second-order valence-electron chi connectivity index (χ2n) is 11.0. The number of hydrogen-bond acceptors (Lipinski definition) is 5. The smallest absolute Gasteiger partial charge is 0.266 e. The number of nitrogens with zero attached hydrogens (tertiary/aromatic N) is 3. The number of amides is 2. The van der Waals surface area contributed by atoms with Crippen molar-refractivity contribution in [2.24, 2.45) is 0 Å². The Labute approximate surface area is 273 Å². The number of fused-ring (bicyclic) bond motifs is 2. The van der Waals surface area contributed by atoms with Crippen molar-refractivity contribution in [2.45, 2.75) is 13.8 Å². The molecule has 7 rings (SSSR count). The lowest BCUT2D eigenvalue weighted by Crippen LogP contribution is -2.56. The van der Waals surface area contributed by atoms with E-state index in [0.717, 1.165) is 33.4 Å². The van der Waals surface area contributed by atoms with E-state index in [1.165, 1.54) is 9.80 Å². The first kappa shape index (κ1) is 29.2. The summed E-state index contributed by atoms with van der Waals surface area (Å²) < 4.78 is 6.40. The summed E-state index contributed by atoms with van der Waals surface area (Å²) >= 11 is 5.51. The number of hydrogen-bond donors (Lipinski definition) is 0. The minimum Gasteiger partial charge on any atom is -0.456 e. The molecular formula is C39H31N3O3S. The molecule has 0 spiro atoms. The fourth-order valence-corrected chi connectivity index (χ4v) is 6.56. The van der Waals surface area contributed by atoms with Crippen LogP contribution < -0.4 is 9.64 Å². The van der Waals surface area contributed by atoms with Crippen LogP contribution in [0, 0.1) is 0 Å². The molecular weight excluding hydrogens is 591 g/mol. The van der Waals surface area contributed by atoms with Gasteiger partial charge in [-0.2, -0.15) is 0 Å². The van der Waals surface area contributed by atoms with E-state index in [-0.39, 0.29) is 10.7 Å². The lowest BCUT2D eigenvalue weighted by atomic mass is 9.92. The molecule has 7 heteroatoms. The zero-order valence-electron chi connectivity index (χ0n) is 25.5. The number of likely N-dealkylation sites (N-methyl/N-ethyl adjacent to an activating group) is 2. The summed E-state index contributed by atoms with van der Waals surface area (Å²) in [4.78, 5) is 32.7. The van der Waals surface area contributed by atoms with Crippen LogP contribution >= 0.6 is 12.2 Å². The largest absolute Gasteiger partial charge is 0.456 e. The maximum Gasteiger partial charge on any atom is 0.266 e. The number of carbonyl (C=O) groups excluding carboxylic acids is 2. The summed E-state index contributed by atoms with van der Waals surface area (Å²) in [5.41, 5.74) is 5.20. The van der Waals surface area contributed by atoms with Gasteiger partial charge in [-0.05, 0) is 86.1 Å². The normalized spacial score (nSPS) is 14.7. The monoisotopic (exact) mass is 621 g/mol. The van der Waals surface area contributed by atoms with Gasteiger partial charge in [-0.25, -0.2) is 0 Å². The average Bonchev–Trinajstić information content (AvgIpc) is 3.09. The minimum atomic E-state index is -0.395. The Morgan fingerprint density at radius 2 is 1.28 bits per heavy atom. The molecule has 0 bridgehead atoms. The number of anilines is 3. The molecule has 2 aliphatic rings. The Balaban J connectivity index is 1.34. The predicted molar refractivity (Wildman–Crippen MR) is 188 cm³/mol. The van der Waals surface area contributed by atoms with Gasteiger partial charge in [0.15, 0.2) is 5.11 Å². The molecule has 6 nitrogen and oxygen atoms in total. The summed E-state index contributed by atoms with van der Waals surface area (Å²) in [5, 5.41) is 2.54. The number of allylic oxidation sites excluding steroid dienone is 2. The highest BCUT2D eigenvalue weighted by atomic mass is 32.1. The van der Waals surface area contributed by atoms with Crippen LogP contribution in [-0.4, -0.2) is 39.8 Å². The van der Waals surface area contributed by atoms with Crippen molar-refractivity contribution in [1.82, 2.24) is 9.80 Å². The molecule has 0 saturated carbocycles. The fourth-order valence-electron chi connectivity index (χ4n) is 6.14. The molecule has 2 aliphatic heterocycles. The Morgan fingerprint density at radius 1 is 0.674 bits per heavy atom. The van der Waals surface area contributed by atoms with Gasteiger partial charge in [0, 0.05) is 46.6 Å². The molecule has 46 heavy (non-hydrogen) atoms. The second kappa shape index (κ2) is 12.1. The van der Waals surface area contributed by atoms with Crippen molar-refractivity contribution in [3.05, 3.63) is 144 Å². The molecule has 0 radical (unpaired) electrons. The van der Waals surface area contributed by atoms with Gasteiger partial charge in [0.25, 0.3) is 11.8 Å². The molecule has 0 unspecified atom stereocenters. The van der Waals surface area contributed by atoms with E-state index in [4.69, 9.17) is 17.0 Å². The van der Waals surface area contributed by atoms with Gasteiger partial charge in [-0.3, -0.25) is 19.4 Å². The first-order valence-corrected chi connectivity index (χ1v) is 15.7. The predicted octanol–water partition coefficient (Wildman–Crippen LogP) is 8.49. The van der Waals surface area contributed by atoms with E-state index in [9.17, 15) is 9.59 Å². The van der Waals surface area contributed by atoms with Crippen molar-refractivity contribution in [1.29, 1.82) is 0 Å². The average molecular weight is 622 g/mol. The van der Waals surface area contributed by atoms with Crippen molar-refractivity contribution in [2.75, 3.05) is 18.0 Å². The molecule has 0 N–H and O–H groups in total. The number of thiocarbonyl (C=S) groups is 1. The number of para-hydroxylation sites is 2. The summed E-state index contributed by atoms with van der Waals surface area (Å²) in [6.07, 6.45) is 1.80. The third-order valence-corrected chi connectivity index (χ3v) is 8.83. The van der Waals surface area contributed by atoms with Crippen LogP contribution in [-0.2, 0) is 9.59 Å². The lowest BCUT2D eigenvalue weighted by Gasteiger charge is -2.36. The van der Waals surface area contributed by atoms with Crippen LogP contribution in [0.5, 0.6) is 5.75 Å². The third-order valence-electron chi connectivity index (χ3n) is 8.39. The van der Waals surface area contributed by atoms with E-state index in [1.54, 1.807) is 6.08 Å². The van der Waals surface area contributed by atoms with Crippen LogP contribution in [0.25, 0.3) is 22.1 Å². The Bertz CT molecular complexity index is 2030. The molecule has 0 aliphatic carbocycles. The molecule has 5 aromatic carbocycles. The Hall–Kier alpha value is -5.53. The fraction of sp³-hybridized carbons (Fsp3) is 0.103. The van der Waals surface area contributed by atoms with E-state index in [0.29, 0.717) is 35.7 Å². The van der Waals surface area contributed by atoms with E-state index >= 15 is 0 Å². The third kappa shape index (κ3) is 4.95. The number of ether oxygens (including phenoxy) is 1. The van der Waals surface area contributed by atoms with Crippen molar-refractivity contribution >= 4 is 68.3 Å². The van der Waals surface area contributed by atoms with E-state index < -0.39 is 11.8 Å². The van der Waals surface area contributed by atoms with Gasteiger partial charge < -0.3 is 9.64 Å². The molecule has 226 valence electrons. The molecule has 1 saturated heterocycles. The first-order valence-electron chi connectivity index (χ1n) is 15.3. The van der Waals surface area contributed by atoms with Gasteiger partial charge in [0.2, 0.25) is 0 Å². The minimum absolute atomic E-state index is 0.0911. The highest BCUT2D eigenvalue weighted by Gasteiger charge is 2.41. The number of carbonyl (C=O) groups is 2. The molecule has 0 atom stereocenters. The Kier molecular flexibility index (Phi) is 7.68.